The van der Waals surface area contributed by atoms with Crippen molar-refractivity contribution in [3.63, 3.8) is 0 Å². The molecule has 0 N–H and O–H groups in total. The lowest BCUT2D eigenvalue weighted by atomic mass is 9.83. The maximum absolute atomic E-state index is 9.31. The first-order valence-electron chi connectivity index (χ1n) is 19.2. The van der Waals surface area contributed by atoms with Crippen LogP contribution in [0, 0.1) is 0 Å². The molecule has 1 heteroatoms. The van der Waals surface area contributed by atoms with Crippen LogP contribution < -0.4 is 0 Å². The van der Waals surface area contributed by atoms with Crippen molar-refractivity contribution in [2.45, 2.75) is 0 Å². The van der Waals surface area contributed by atoms with Crippen LogP contribution in [0.15, 0.2) is 174 Å². The molecule has 0 aliphatic rings. The lowest BCUT2D eigenvalue weighted by Crippen LogP contribution is -1.92. The van der Waals surface area contributed by atoms with Crippen LogP contribution in [0.4, 0.5) is 0 Å². The highest BCUT2D eigenvalue weighted by Gasteiger charge is 2.20. The van der Waals surface area contributed by atoms with E-state index in [1.807, 2.05) is 91.0 Å². The Morgan fingerprint density at radius 3 is 1.71 bits per heavy atom. The molecule has 0 saturated heterocycles. The second-order valence-corrected chi connectivity index (χ2v) is 10.9. The third kappa shape index (κ3) is 4.09. The zero-order valence-corrected chi connectivity index (χ0v) is 23.9. The highest BCUT2D eigenvalue weighted by molar-refractivity contribution is 6.23. The van der Waals surface area contributed by atoms with E-state index >= 15 is 0 Å². The summed E-state index contributed by atoms with van der Waals surface area (Å²) in [5, 5.41) is 4.90. The zero-order valence-electron chi connectivity index (χ0n) is 32.9. The van der Waals surface area contributed by atoms with Crippen molar-refractivity contribution in [2.75, 3.05) is 0 Å². The van der Waals surface area contributed by atoms with Gasteiger partial charge in [-0.2, -0.15) is 0 Å². The molecular weight excluding hydrogens is 544 g/mol. The van der Waals surface area contributed by atoms with Gasteiger partial charge in [-0.1, -0.05) is 151 Å². The number of furan rings is 1. The first kappa shape index (κ1) is 18.0. The van der Waals surface area contributed by atoms with Gasteiger partial charge < -0.3 is 4.42 Å². The normalized spacial score (nSPS) is 14.4. The number of hydrogen-bond donors (Lipinski definition) is 0. The van der Waals surface area contributed by atoms with E-state index in [4.69, 9.17) is 15.4 Å². The standard InChI is InChI=1S/C44H28O/c1-3-14-29(15-4-1)32-18-7-8-19-34(32)43-37-22-11-9-20-35(37)42(36-21-10-12-23-38(36)43)31-26-27-40-39(28-31)44-33(24-13-25-41(44)45-40)30-16-5-2-6-17-30/h1-28H/i1D,3D,4D,7D,8D,14D,15D,18D,19D. The summed E-state index contributed by atoms with van der Waals surface area (Å²) in [6.07, 6.45) is 0. The highest BCUT2D eigenvalue weighted by atomic mass is 16.3. The number of fused-ring (bicyclic) bond motifs is 5. The van der Waals surface area contributed by atoms with Crippen molar-refractivity contribution in [1.82, 2.24) is 0 Å². The Bertz CT molecular complexity index is 2960. The van der Waals surface area contributed by atoms with E-state index in [0.717, 1.165) is 55.0 Å². The van der Waals surface area contributed by atoms with Gasteiger partial charge in [0.2, 0.25) is 0 Å². The van der Waals surface area contributed by atoms with E-state index in [-0.39, 0.29) is 22.7 Å². The van der Waals surface area contributed by atoms with E-state index in [0.29, 0.717) is 16.3 Å². The summed E-state index contributed by atoms with van der Waals surface area (Å²) in [5.74, 6) is 0. The molecule has 0 saturated carbocycles. The average molecular weight is 582 g/mol. The van der Waals surface area contributed by atoms with Crippen molar-refractivity contribution in [3.8, 4) is 44.5 Å². The Hall–Kier alpha value is -5.92. The molecular formula is C44H28O. The predicted octanol–water partition coefficient (Wildman–Crippen LogP) is 12.6. The van der Waals surface area contributed by atoms with Crippen LogP contribution in [0.2, 0.25) is 0 Å². The number of benzene rings is 8. The second-order valence-electron chi connectivity index (χ2n) is 10.9. The maximum Gasteiger partial charge on any atom is 0.136 e. The van der Waals surface area contributed by atoms with Gasteiger partial charge in [0, 0.05) is 10.8 Å². The van der Waals surface area contributed by atoms with Crippen molar-refractivity contribution in [2.24, 2.45) is 0 Å². The lowest BCUT2D eigenvalue weighted by Gasteiger charge is -2.19. The minimum Gasteiger partial charge on any atom is -0.456 e. The predicted molar refractivity (Wildman–Crippen MR) is 190 cm³/mol. The van der Waals surface area contributed by atoms with E-state index in [9.17, 15) is 1.37 Å². The fourth-order valence-corrected chi connectivity index (χ4v) is 6.61. The van der Waals surface area contributed by atoms with Crippen molar-refractivity contribution < 1.29 is 16.8 Å². The quantitative estimate of drug-likeness (QED) is 0.188. The molecule has 0 unspecified atom stereocenters. The van der Waals surface area contributed by atoms with E-state index in [2.05, 4.69) is 24.3 Å². The Kier molecular flexibility index (Phi) is 4.15. The zero-order chi connectivity index (χ0) is 37.6. The third-order valence-electron chi connectivity index (χ3n) is 8.49. The summed E-state index contributed by atoms with van der Waals surface area (Å²) >= 11 is 0. The fourth-order valence-electron chi connectivity index (χ4n) is 6.61. The van der Waals surface area contributed by atoms with Gasteiger partial charge in [-0.15, -0.1) is 0 Å². The van der Waals surface area contributed by atoms with Gasteiger partial charge in [-0.05, 0) is 84.3 Å². The summed E-state index contributed by atoms with van der Waals surface area (Å²) in [7, 11) is 0. The SMILES string of the molecule is [2H]c1c([2H])c([2H])c(-c2c([2H])c([2H])c([2H])c([2H])c2-c2c3ccccc3c(-c3ccc4oc5cccc(-c6ccccc6)c5c4c3)c3ccccc23)c([2H])c1[2H]. The third-order valence-corrected chi connectivity index (χ3v) is 8.49. The Labute approximate surface area is 274 Å². The Morgan fingerprint density at radius 1 is 0.378 bits per heavy atom. The van der Waals surface area contributed by atoms with Gasteiger partial charge in [0.05, 0.1) is 12.3 Å². The van der Waals surface area contributed by atoms with E-state index < -0.39 is 48.3 Å². The minimum absolute atomic E-state index is 0.0577. The van der Waals surface area contributed by atoms with Gasteiger partial charge in [0.25, 0.3) is 0 Å². The average Bonchev–Trinajstić information content (AvgIpc) is 3.58. The van der Waals surface area contributed by atoms with Gasteiger partial charge in [0.1, 0.15) is 11.2 Å². The summed E-state index contributed by atoms with van der Waals surface area (Å²) in [5.41, 5.74) is 5.54. The molecule has 45 heavy (non-hydrogen) atoms. The van der Waals surface area contributed by atoms with Gasteiger partial charge in [-0.25, -0.2) is 0 Å². The molecule has 8 aromatic carbocycles. The molecule has 0 amide bonds. The molecule has 9 rings (SSSR count). The van der Waals surface area contributed by atoms with Crippen molar-refractivity contribution in [3.05, 3.63) is 170 Å². The smallest absolute Gasteiger partial charge is 0.136 e. The van der Waals surface area contributed by atoms with Crippen molar-refractivity contribution >= 4 is 43.5 Å². The van der Waals surface area contributed by atoms with Crippen LogP contribution in [0.5, 0.6) is 0 Å². The highest BCUT2D eigenvalue weighted by Crippen LogP contribution is 2.47. The van der Waals surface area contributed by atoms with Gasteiger partial charge >= 0.3 is 0 Å². The minimum atomic E-state index is -0.591. The molecule has 0 fully saturated rings. The van der Waals surface area contributed by atoms with Crippen LogP contribution in [0.25, 0.3) is 88.0 Å². The molecule has 9 aromatic rings. The molecule has 0 aliphatic heterocycles. The van der Waals surface area contributed by atoms with Crippen LogP contribution in [0.1, 0.15) is 12.3 Å². The van der Waals surface area contributed by atoms with E-state index in [1.54, 1.807) is 0 Å². The molecule has 0 bridgehead atoms. The first-order valence-corrected chi connectivity index (χ1v) is 14.7. The van der Waals surface area contributed by atoms with Crippen LogP contribution in [-0.4, -0.2) is 0 Å². The summed E-state index contributed by atoms with van der Waals surface area (Å²) in [4.78, 5) is 0. The largest absolute Gasteiger partial charge is 0.456 e. The van der Waals surface area contributed by atoms with Crippen LogP contribution in [-0.2, 0) is 0 Å². The van der Waals surface area contributed by atoms with Gasteiger partial charge in [-0.3, -0.25) is 0 Å². The topological polar surface area (TPSA) is 13.1 Å². The molecule has 0 spiro atoms. The second kappa shape index (κ2) is 10.4. The summed E-state index contributed by atoms with van der Waals surface area (Å²) in [6.45, 7) is 0. The van der Waals surface area contributed by atoms with Gasteiger partial charge in [0.15, 0.2) is 0 Å². The molecule has 1 nitrogen and oxygen atoms in total. The summed E-state index contributed by atoms with van der Waals surface area (Å²) in [6, 6.07) is 32.9. The molecule has 0 atom stereocenters. The Morgan fingerprint density at radius 2 is 1.00 bits per heavy atom. The molecule has 1 aromatic heterocycles. The van der Waals surface area contributed by atoms with Crippen LogP contribution in [0.3, 0.4) is 0 Å². The number of hydrogen-bond acceptors (Lipinski definition) is 1. The molecule has 1 heterocycles. The lowest BCUT2D eigenvalue weighted by molar-refractivity contribution is 0.669. The monoisotopic (exact) mass is 581 g/mol. The summed E-state index contributed by atoms with van der Waals surface area (Å²) < 4.78 is 84.9. The Balaban J connectivity index is 1.41. The van der Waals surface area contributed by atoms with Crippen molar-refractivity contribution in [1.29, 1.82) is 0 Å². The van der Waals surface area contributed by atoms with E-state index in [1.165, 1.54) is 0 Å². The fraction of sp³-hybridized carbons (Fsp3) is 0. The molecule has 210 valence electrons. The molecule has 0 aliphatic carbocycles. The molecule has 0 radical (unpaired) electrons. The van der Waals surface area contributed by atoms with Crippen LogP contribution >= 0.6 is 0 Å². The maximum atomic E-state index is 9.31. The number of rotatable bonds is 4. The first-order chi connectivity index (χ1) is 26.1.